The number of hydrogen-bond donors (Lipinski definition) is 1. The van der Waals surface area contributed by atoms with E-state index in [1.54, 1.807) is 0 Å². The summed E-state index contributed by atoms with van der Waals surface area (Å²) in [5, 5.41) is 3.55. The summed E-state index contributed by atoms with van der Waals surface area (Å²) >= 11 is 1.98. The highest BCUT2D eigenvalue weighted by atomic mass is 32.2. The minimum atomic E-state index is 0.0729. The van der Waals surface area contributed by atoms with Crippen LogP contribution in [0.4, 0.5) is 4.79 Å². The van der Waals surface area contributed by atoms with Gasteiger partial charge in [0, 0.05) is 37.2 Å². The third-order valence-corrected chi connectivity index (χ3v) is 4.83. The number of amides is 2. The van der Waals surface area contributed by atoms with Crippen molar-refractivity contribution in [2.75, 3.05) is 38.6 Å². The SMILES string of the molecule is CCC1CN(C(=O)NCCOCC2CC2)CCS1. The highest BCUT2D eigenvalue weighted by molar-refractivity contribution is 8.00. The zero-order valence-electron chi connectivity index (χ0n) is 11.2. The second-order valence-electron chi connectivity index (χ2n) is 5.10. The van der Waals surface area contributed by atoms with E-state index in [4.69, 9.17) is 4.74 Å². The van der Waals surface area contributed by atoms with Crippen LogP contribution in [0.1, 0.15) is 26.2 Å². The van der Waals surface area contributed by atoms with Crippen molar-refractivity contribution in [3.05, 3.63) is 0 Å². The second kappa shape index (κ2) is 7.24. The minimum Gasteiger partial charge on any atom is -0.379 e. The van der Waals surface area contributed by atoms with Gasteiger partial charge in [0.2, 0.25) is 0 Å². The molecule has 1 unspecified atom stereocenters. The van der Waals surface area contributed by atoms with Gasteiger partial charge in [0.1, 0.15) is 0 Å². The molecule has 5 heteroatoms. The van der Waals surface area contributed by atoms with Crippen LogP contribution in [0.3, 0.4) is 0 Å². The average molecular weight is 272 g/mol. The molecule has 2 amide bonds. The monoisotopic (exact) mass is 272 g/mol. The first-order valence-electron chi connectivity index (χ1n) is 7.01. The van der Waals surface area contributed by atoms with E-state index in [2.05, 4.69) is 12.2 Å². The summed E-state index contributed by atoms with van der Waals surface area (Å²) in [6.07, 6.45) is 3.77. The molecule has 0 bridgehead atoms. The smallest absolute Gasteiger partial charge is 0.317 e. The maximum Gasteiger partial charge on any atom is 0.317 e. The molecular weight excluding hydrogens is 248 g/mol. The first-order chi connectivity index (χ1) is 8.79. The molecule has 2 aliphatic rings. The Kier molecular flexibility index (Phi) is 5.63. The molecule has 2 fully saturated rings. The number of hydrogen-bond acceptors (Lipinski definition) is 3. The predicted molar refractivity (Wildman–Crippen MR) is 75.1 cm³/mol. The fraction of sp³-hybridized carbons (Fsp3) is 0.923. The van der Waals surface area contributed by atoms with Crippen molar-refractivity contribution in [1.29, 1.82) is 0 Å². The third kappa shape index (κ3) is 4.69. The normalized spacial score (nSPS) is 24.1. The summed E-state index contributed by atoms with van der Waals surface area (Å²) in [7, 11) is 0. The van der Waals surface area contributed by atoms with Crippen molar-refractivity contribution >= 4 is 17.8 Å². The average Bonchev–Trinajstić information content (AvgIpc) is 3.22. The van der Waals surface area contributed by atoms with Crippen LogP contribution in [0.2, 0.25) is 0 Å². The van der Waals surface area contributed by atoms with E-state index < -0.39 is 0 Å². The van der Waals surface area contributed by atoms with Gasteiger partial charge in [-0.25, -0.2) is 4.79 Å². The standard InChI is InChI=1S/C13H24N2O2S/c1-2-12-9-15(6-8-18-12)13(16)14-5-7-17-10-11-3-4-11/h11-12H,2-10H2,1H3,(H,14,16). The number of rotatable bonds is 6. The molecule has 0 radical (unpaired) electrons. The lowest BCUT2D eigenvalue weighted by Gasteiger charge is -2.31. The number of thioether (sulfide) groups is 1. The van der Waals surface area contributed by atoms with Crippen LogP contribution in [0.15, 0.2) is 0 Å². The van der Waals surface area contributed by atoms with E-state index >= 15 is 0 Å². The molecule has 104 valence electrons. The van der Waals surface area contributed by atoms with Crippen LogP contribution >= 0.6 is 11.8 Å². The Hall–Kier alpha value is -0.420. The molecule has 1 heterocycles. The fourth-order valence-electron chi connectivity index (χ4n) is 2.03. The van der Waals surface area contributed by atoms with Gasteiger partial charge in [0.05, 0.1) is 6.61 Å². The van der Waals surface area contributed by atoms with Crippen LogP contribution in [0.25, 0.3) is 0 Å². The minimum absolute atomic E-state index is 0.0729. The van der Waals surface area contributed by atoms with Crippen LogP contribution in [-0.2, 0) is 4.74 Å². The van der Waals surface area contributed by atoms with Crippen LogP contribution in [-0.4, -0.2) is 54.8 Å². The van der Waals surface area contributed by atoms with Crippen molar-refractivity contribution in [1.82, 2.24) is 10.2 Å². The predicted octanol–water partition coefficient (Wildman–Crippen LogP) is 1.95. The molecular formula is C13H24N2O2S. The maximum atomic E-state index is 11.9. The molecule has 0 aromatic carbocycles. The largest absolute Gasteiger partial charge is 0.379 e. The van der Waals surface area contributed by atoms with Gasteiger partial charge >= 0.3 is 6.03 Å². The molecule has 2 rings (SSSR count). The molecule has 1 saturated heterocycles. The molecule has 4 nitrogen and oxygen atoms in total. The molecule has 1 saturated carbocycles. The summed E-state index contributed by atoms with van der Waals surface area (Å²) in [4.78, 5) is 13.9. The van der Waals surface area contributed by atoms with Gasteiger partial charge in [0.25, 0.3) is 0 Å². The number of nitrogens with one attached hydrogen (secondary N) is 1. The van der Waals surface area contributed by atoms with Crippen LogP contribution in [0.5, 0.6) is 0 Å². The van der Waals surface area contributed by atoms with Gasteiger partial charge in [-0.15, -0.1) is 0 Å². The van der Waals surface area contributed by atoms with Gasteiger partial charge in [-0.3, -0.25) is 0 Å². The zero-order chi connectivity index (χ0) is 12.8. The molecule has 1 N–H and O–H groups in total. The van der Waals surface area contributed by atoms with E-state index in [0.717, 1.165) is 37.8 Å². The van der Waals surface area contributed by atoms with E-state index in [-0.39, 0.29) is 6.03 Å². The number of ether oxygens (including phenoxy) is 1. The summed E-state index contributed by atoms with van der Waals surface area (Å²) in [6.45, 7) is 6.08. The second-order valence-corrected chi connectivity index (χ2v) is 6.51. The summed E-state index contributed by atoms with van der Waals surface area (Å²) in [6, 6.07) is 0.0729. The Balaban J connectivity index is 1.55. The van der Waals surface area contributed by atoms with Gasteiger partial charge in [-0.2, -0.15) is 11.8 Å². The Morgan fingerprint density at radius 1 is 1.50 bits per heavy atom. The maximum absolute atomic E-state index is 11.9. The van der Waals surface area contributed by atoms with Crippen molar-refractivity contribution in [3.63, 3.8) is 0 Å². The van der Waals surface area contributed by atoms with Gasteiger partial charge in [-0.1, -0.05) is 6.92 Å². The Bertz CT molecular complexity index is 272. The van der Waals surface area contributed by atoms with Gasteiger partial charge < -0.3 is 15.0 Å². The lowest BCUT2D eigenvalue weighted by atomic mass is 10.3. The Morgan fingerprint density at radius 2 is 2.33 bits per heavy atom. The summed E-state index contributed by atoms with van der Waals surface area (Å²) < 4.78 is 5.50. The first-order valence-corrected chi connectivity index (χ1v) is 8.06. The topological polar surface area (TPSA) is 41.6 Å². The Labute approximate surface area is 114 Å². The van der Waals surface area contributed by atoms with E-state index in [1.165, 1.54) is 12.8 Å². The van der Waals surface area contributed by atoms with Crippen LogP contribution in [0, 0.1) is 5.92 Å². The zero-order valence-corrected chi connectivity index (χ0v) is 12.0. The lowest BCUT2D eigenvalue weighted by molar-refractivity contribution is 0.124. The fourth-order valence-corrected chi connectivity index (χ4v) is 3.21. The van der Waals surface area contributed by atoms with Gasteiger partial charge in [0.15, 0.2) is 0 Å². The molecule has 1 atom stereocenters. The number of carbonyl (C=O) groups excluding carboxylic acids is 1. The van der Waals surface area contributed by atoms with Crippen LogP contribution < -0.4 is 5.32 Å². The van der Waals surface area contributed by atoms with Gasteiger partial charge in [-0.05, 0) is 25.2 Å². The van der Waals surface area contributed by atoms with E-state index in [9.17, 15) is 4.79 Å². The molecule has 0 spiro atoms. The number of carbonyl (C=O) groups is 1. The van der Waals surface area contributed by atoms with Crippen molar-refractivity contribution < 1.29 is 9.53 Å². The quantitative estimate of drug-likeness (QED) is 0.751. The van der Waals surface area contributed by atoms with Crippen molar-refractivity contribution in [2.24, 2.45) is 5.92 Å². The third-order valence-electron chi connectivity index (χ3n) is 3.45. The lowest BCUT2D eigenvalue weighted by Crippen LogP contribution is -2.47. The summed E-state index contributed by atoms with van der Waals surface area (Å²) in [5.74, 6) is 1.86. The molecule has 1 aliphatic heterocycles. The molecule has 0 aromatic rings. The van der Waals surface area contributed by atoms with Crippen molar-refractivity contribution in [2.45, 2.75) is 31.4 Å². The summed E-state index contributed by atoms with van der Waals surface area (Å²) in [5.41, 5.74) is 0. The first kappa shape index (κ1) is 14.0. The Morgan fingerprint density at radius 3 is 3.06 bits per heavy atom. The molecule has 18 heavy (non-hydrogen) atoms. The highest BCUT2D eigenvalue weighted by Gasteiger charge is 2.23. The molecule has 1 aliphatic carbocycles. The number of urea groups is 1. The number of nitrogens with zero attached hydrogens (tertiary/aromatic N) is 1. The van der Waals surface area contributed by atoms with E-state index in [0.29, 0.717) is 18.4 Å². The van der Waals surface area contributed by atoms with Crippen molar-refractivity contribution in [3.8, 4) is 0 Å². The highest BCUT2D eigenvalue weighted by Crippen LogP contribution is 2.28. The molecule has 0 aromatic heterocycles. The van der Waals surface area contributed by atoms with E-state index in [1.807, 2.05) is 16.7 Å².